The third kappa shape index (κ3) is 4.94. The van der Waals surface area contributed by atoms with Crippen LogP contribution in [0.15, 0.2) is 60.8 Å². The summed E-state index contributed by atoms with van der Waals surface area (Å²) in [6, 6.07) is 14.9. The zero-order valence-corrected chi connectivity index (χ0v) is 15.0. The Morgan fingerprint density at radius 3 is 2.64 bits per heavy atom. The molecule has 0 saturated heterocycles. The fourth-order valence-corrected chi connectivity index (χ4v) is 2.61. The van der Waals surface area contributed by atoms with E-state index >= 15 is 0 Å². The van der Waals surface area contributed by atoms with Crippen LogP contribution >= 0.6 is 0 Å². The molecule has 0 radical (unpaired) electrons. The van der Waals surface area contributed by atoms with Crippen molar-refractivity contribution in [1.82, 2.24) is 15.1 Å². The van der Waals surface area contributed by atoms with Crippen LogP contribution in [0.25, 0.3) is 11.3 Å². The molecule has 0 unspecified atom stereocenters. The molecule has 2 amide bonds. The number of amides is 2. The number of hydrogen-bond acceptors (Lipinski definition) is 4. The molecule has 3 rings (SSSR count). The summed E-state index contributed by atoms with van der Waals surface area (Å²) in [6.07, 6.45) is 1.45. The second kappa shape index (κ2) is 8.81. The molecule has 0 spiro atoms. The van der Waals surface area contributed by atoms with Crippen LogP contribution in [0.3, 0.4) is 0 Å². The first kappa shape index (κ1) is 19.1. The Morgan fingerprint density at radius 1 is 1.14 bits per heavy atom. The van der Waals surface area contributed by atoms with Crippen LogP contribution in [0.5, 0.6) is 5.75 Å². The molecule has 0 fully saturated rings. The maximum atomic E-state index is 13.1. The summed E-state index contributed by atoms with van der Waals surface area (Å²) in [5, 5.41) is 6.99. The van der Waals surface area contributed by atoms with Gasteiger partial charge in [-0.1, -0.05) is 36.4 Å². The maximum absolute atomic E-state index is 13.1. The van der Waals surface area contributed by atoms with Crippen molar-refractivity contribution < 1.29 is 18.7 Å². The molecule has 0 bridgehead atoms. The Kier molecular flexibility index (Phi) is 6.01. The lowest BCUT2D eigenvalue weighted by Gasteiger charge is -2.08. The van der Waals surface area contributed by atoms with E-state index in [1.54, 1.807) is 12.1 Å². The average Bonchev–Trinajstić information content (AvgIpc) is 3.10. The predicted octanol–water partition coefficient (Wildman–Crippen LogP) is 1.98. The minimum absolute atomic E-state index is 0.0763. The van der Waals surface area contributed by atoms with E-state index in [1.165, 1.54) is 23.0 Å². The van der Waals surface area contributed by atoms with E-state index in [1.807, 2.05) is 30.3 Å². The van der Waals surface area contributed by atoms with Gasteiger partial charge >= 0.3 is 0 Å². The number of nitrogens with zero attached hydrogens (tertiary/aromatic N) is 2. The largest absolute Gasteiger partial charge is 0.492 e. The third-order valence-corrected chi connectivity index (χ3v) is 3.87. The minimum Gasteiger partial charge on any atom is -0.492 e. The molecule has 0 aliphatic carbocycles. The van der Waals surface area contributed by atoms with Gasteiger partial charge in [-0.15, -0.1) is 0 Å². The van der Waals surface area contributed by atoms with Crippen molar-refractivity contribution in [2.75, 3.05) is 13.2 Å². The molecular weight excluding hydrogens is 363 g/mol. The van der Waals surface area contributed by atoms with Gasteiger partial charge in [0.25, 0.3) is 5.91 Å². The molecule has 0 aliphatic rings. The van der Waals surface area contributed by atoms with Crippen LogP contribution in [0.1, 0.15) is 10.4 Å². The monoisotopic (exact) mass is 382 g/mol. The normalized spacial score (nSPS) is 10.5. The molecule has 8 heteroatoms. The standard InChI is InChI=1S/C20H19FN4O3/c21-15-7-4-8-16(11-15)28-10-9-23-18(26)13-25-12-17(20(22)27)19(24-25)14-5-2-1-3-6-14/h1-8,11-12H,9-10,13H2,(H2,22,27)(H,23,26). The topological polar surface area (TPSA) is 99.2 Å². The first-order valence-corrected chi connectivity index (χ1v) is 8.60. The van der Waals surface area contributed by atoms with Crippen LogP contribution in [0, 0.1) is 5.82 Å². The molecule has 1 heterocycles. The smallest absolute Gasteiger partial charge is 0.252 e. The van der Waals surface area contributed by atoms with Gasteiger partial charge in [0.15, 0.2) is 0 Å². The highest BCUT2D eigenvalue weighted by Crippen LogP contribution is 2.21. The van der Waals surface area contributed by atoms with Gasteiger partial charge in [-0.2, -0.15) is 5.10 Å². The van der Waals surface area contributed by atoms with E-state index in [-0.39, 0.29) is 37.0 Å². The van der Waals surface area contributed by atoms with Crippen molar-refractivity contribution in [2.45, 2.75) is 6.54 Å². The lowest BCUT2D eigenvalue weighted by molar-refractivity contribution is -0.121. The van der Waals surface area contributed by atoms with Crippen LogP contribution in [-0.4, -0.2) is 34.7 Å². The molecule has 0 saturated carbocycles. The van der Waals surface area contributed by atoms with Crippen LogP contribution in [0.2, 0.25) is 0 Å². The number of nitrogens with two attached hydrogens (primary N) is 1. The Balaban J connectivity index is 1.56. The SMILES string of the molecule is NC(=O)c1cn(CC(=O)NCCOc2cccc(F)c2)nc1-c1ccccc1. The molecule has 144 valence electrons. The number of hydrogen-bond donors (Lipinski definition) is 2. The number of primary amides is 1. The van der Waals surface area contributed by atoms with E-state index in [0.29, 0.717) is 11.4 Å². The predicted molar refractivity (Wildman–Crippen MR) is 101 cm³/mol. The molecule has 7 nitrogen and oxygen atoms in total. The summed E-state index contributed by atoms with van der Waals surface area (Å²) >= 11 is 0. The first-order chi connectivity index (χ1) is 13.5. The quantitative estimate of drug-likeness (QED) is 0.582. The van der Waals surface area contributed by atoms with Crippen molar-refractivity contribution in [3.05, 3.63) is 72.2 Å². The maximum Gasteiger partial charge on any atom is 0.252 e. The summed E-state index contributed by atoms with van der Waals surface area (Å²) in [5.41, 5.74) is 6.83. The summed E-state index contributed by atoms with van der Waals surface area (Å²) < 4.78 is 19.8. The van der Waals surface area contributed by atoms with Gasteiger partial charge < -0.3 is 15.8 Å². The second-order valence-electron chi connectivity index (χ2n) is 5.98. The van der Waals surface area contributed by atoms with Gasteiger partial charge in [0.2, 0.25) is 5.91 Å². The number of benzene rings is 2. The molecular formula is C20H19FN4O3. The number of aromatic nitrogens is 2. The molecule has 0 aliphatic heterocycles. The zero-order chi connectivity index (χ0) is 19.9. The lowest BCUT2D eigenvalue weighted by Crippen LogP contribution is -2.31. The summed E-state index contributed by atoms with van der Waals surface area (Å²) in [6.45, 7) is 0.355. The number of carbonyl (C=O) groups excluding carboxylic acids is 2. The van der Waals surface area contributed by atoms with Crippen LogP contribution in [0.4, 0.5) is 4.39 Å². The van der Waals surface area contributed by atoms with Crippen LogP contribution < -0.4 is 15.8 Å². The van der Waals surface area contributed by atoms with Crippen molar-refractivity contribution in [3.8, 4) is 17.0 Å². The molecule has 3 N–H and O–H groups in total. The number of ether oxygens (including phenoxy) is 1. The Morgan fingerprint density at radius 2 is 1.93 bits per heavy atom. The van der Waals surface area contributed by atoms with Gasteiger partial charge in [0.1, 0.15) is 30.4 Å². The highest BCUT2D eigenvalue weighted by molar-refractivity contribution is 5.98. The summed E-state index contributed by atoms with van der Waals surface area (Å²) in [5.74, 6) is -0.922. The van der Waals surface area contributed by atoms with Crippen molar-refractivity contribution in [2.24, 2.45) is 5.73 Å². The molecule has 2 aromatic carbocycles. The van der Waals surface area contributed by atoms with E-state index in [0.717, 1.165) is 5.56 Å². The first-order valence-electron chi connectivity index (χ1n) is 8.60. The molecule has 0 atom stereocenters. The molecule has 3 aromatic rings. The fourth-order valence-electron chi connectivity index (χ4n) is 2.61. The van der Waals surface area contributed by atoms with Crippen LogP contribution in [-0.2, 0) is 11.3 Å². The van der Waals surface area contributed by atoms with Crippen molar-refractivity contribution >= 4 is 11.8 Å². The highest BCUT2D eigenvalue weighted by atomic mass is 19.1. The number of halogens is 1. The van der Waals surface area contributed by atoms with Gasteiger partial charge in [0.05, 0.1) is 12.1 Å². The summed E-state index contributed by atoms with van der Waals surface area (Å²) in [7, 11) is 0. The van der Waals surface area contributed by atoms with Gasteiger partial charge in [-0.25, -0.2) is 4.39 Å². The Hall–Kier alpha value is -3.68. The number of rotatable bonds is 8. The van der Waals surface area contributed by atoms with E-state index in [2.05, 4.69) is 10.4 Å². The van der Waals surface area contributed by atoms with E-state index in [4.69, 9.17) is 10.5 Å². The van der Waals surface area contributed by atoms with Crippen molar-refractivity contribution in [3.63, 3.8) is 0 Å². The van der Waals surface area contributed by atoms with Gasteiger partial charge in [-0.3, -0.25) is 14.3 Å². The second-order valence-corrected chi connectivity index (χ2v) is 5.98. The van der Waals surface area contributed by atoms with E-state index in [9.17, 15) is 14.0 Å². The minimum atomic E-state index is -0.617. The Labute approximate surface area is 160 Å². The van der Waals surface area contributed by atoms with Gasteiger partial charge in [0, 0.05) is 17.8 Å². The highest BCUT2D eigenvalue weighted by Gasteiger charge is 2.16. The molecule has 28 heavy (non-hydrogen) atoms. The average molecular weight is 382 g/mol. The lowest BCUT2D eigenvalue weighted by atomic mass is 10.1. The zero-order valence-electron chi connectivity index (χ0n) is 15.0. The van der Waals surface area contributed by atoms with Gasteiger partial charge in [-0.05, 0) is 12.1 Å². The molecule has 1 aromatic heterocycles. The summed E-state index contributed by atoms with van der Waals surface area (Å²) in [4.78, 5) is 23.8. The third-order valence-electron chi connectivity index (χ3n) is 3.87. The fraction of sp³-hybridized carbons (Fsp3) is 0.150. The number of carbonyl (C=O) groups is 2. The van der Waals surface area contributed by atoms with Crippen molar-refractivity contribution in [1.29, 1.82) is 0 Å². The Bertz CT molecular complexity index is 973. The van der Waals surface area contributed by atoms with E-state index < -0.39 is 5.91 Å². The number of nitrogens with one attached hydrogen (secondary N) is 1.